The monoisotopic (exact) mass is 416 g/mol. The maximum Gasteiger partial charge on any atom is 0.410 e. The van der Waals surface area contributed by atoms with Gasteiger partial charge in [-0.1, -0.05) is 0 Å². The zero-order chi connectivity index (χ0) is 22.3. The van der Waals surface area contributed by atoms with Crippen LogP contribution in [0.2, 0.25) is 0 Å². The lowest BCUT2D eigenvalue weighted by Gasteiger charge is -2.33. The van der Waals surface area contributed by atoms with Crippen LogP contribution in [0.3, 0.4) is 0 Å². The minimum Gasteiger partial charge on any atom is -0.493 e. The zero-order valence-corrected chi connectivity index (χ0v) is 18.8. The second-order valence-corrected chi connectivity index (χ2v) is 8.56. The van der Waals surface area contributed by atoms with Gasteiger partial charge in [-0.2, -0.15) is 5.26 Å². The van der Waals surface area contributed by atoms with Gasteiger partial charge in [-0.05, 0) is 39.5 Å². The fourth-order valence-corrected chi connectivity index (χ4v) is 3.01. The van der Waals surface area contributed by atoms with Gasteiger partial charge in [-0.25, -0.2) is 9.79 Å². The van der Waals surface area contributed by atoms with Gasteiger partial charge in [0, 0.05) is 39.3 Å². The lowest BCUT2D eigenvalue weighted by Crippen LogP contribution is -2.42. The van der Waals surface area contributed by atoms with Gasteiger partial charge < -0.3 is 24.0 Å². The number of carbonyl (C=O) groups excluding carboxylic acids is 1. The van der Waals surface area contributed by atoms with E-state index in [2.05, 4.69) is 11.1 Å². The van der Waals surface area contributed by atoms with Crippen LogP contribution in [0.25, 0.3) is 0 Å². The number of hydrogen-bond acceptors (Lipinski definition) is 6. The highest BCUT2D eigenvalue weighted by atomic mass is 16.6. The average molecular weight is 417 g/mol. The fourth-order valence-electron chi connectivity index (χ4n) is 3.01. The van der Waals surface area contributed by atoms with Gasteiger partial charge in [0.2, 0.25) is 0 Å². The lowest BCUT2D eigenvalue weighted by atomic mass is 9.98. The van der Waals surface area contributed by atoms with E-state index in [1.165, 1.54) is 0 Å². The van der Waals surface area contributed by atoms with Crippen LogP contribution in [0, 0.1) is 17.2 Å². The third-order valence-electron chi connectivity index (χ3n) is 4.57. The molecule has 0 aliphatic carbocycles. The quantitative estimate of drug-likeness (QED) is 0.518. The molecular formula is C22H32N4O4. The molecule has 0 bridgehead atoms. The largest absolute Gasteiger partial charge is 0.493 e. The smallest absolute Gasteiger partial charge is 0.410 e. The first kappa shape index (κ1) is 23.3. The molecule has 1 fully saturated rings. The summed E-state index contributed by atoms with van der Waals surface area (Å²) >= 11 is 0. The van der Waals surface area contributed by atoms with Gasteiger partial charge in [0.05, 0.1) is 31.3 Å². The summed E-state index contributed by atoms with van der Waals surface area (Å²) in [4.78, 5) is 20.1. The Kier molecular flexibility index (Phi) is 7.93. The molecular weight excluding hydrogens is 384 g/mol. The molecule has 0 atom stereocenters. The minimum absolute atomic E-state index is 0.265. The molecule has 8 nitrogen and oxygen atoms in total. The Morgan fingerprint density at radius 3 is 2.50 bits per heavy atom. The molecule has 1 amide bonds. The highest BCUT2D eigenvalue weighted by molar-refractivity contribution is 5.69. The van der Waals surface area contributed by atoms with Gasteiger partial charge >= 0.3 is 6.09 Å². The molecule has 0 unspecified atom stereocenters. The van der Waals surface area contributed by atoms with E-state index in [9.17, 15) is 10.1 Å². The standard InChI is InChI=1S/C22H32N4O4/c1-22(2,3)30-21(27)26-9-7-16(8-10-26)14-29-20-12-18(24-15-25(4)5)17(13-23)11-19(20)28-6/h11-12,15-16H,7-10,14H2,1-6H3. The number of methoxy groups -OCH3 is 1. The molecule has 1 aromatic rings. The predicted octanol–water partition coefficient (Wildman–Crippen LogP) is 3.81. The third kappa shape index (κ3) is 6.83. The molecule has 30 heavy (non-hydrogen) atoms. The van der Waals surface area contributed by atoms with Crippen LogP contribution in [0.1, 0.15) is 39.2 Å². The third-order valence-corrected chi connectivity index (χ3v) is 4.57. The van der Waals surface area contributed by atoms with Crippen LogP contribution >= 0.6 is 0 Å². The number of rotatable bonds is 6. The number of nitrogens with zero attached hydrogens (tertiary/aromatic N) is 4. The van der Waals surface area contributed by atoms with Crippen LogP contribution in [0.15, 0.2) is 17.1 Å². The molecule has 1 aliphatic heterocycles. The molecule has 1 aromatic carbocycles. The number of nitriles is 1. The Labute approximate surface area is 179 Å². The van der Waals surface area contributed by atoms with Gasteiger partial charge in [0.15, 0.2) is 11.5 Å². The summed E-state index contributed by atoms with van der Waals surface area (Å²) in [5.41, 5.74) is 0.459. The molecule has 0 spiro atoms. The van der Waals surface area contributed by atoms with E-state index in [0.717, 1.165) is 12.8 Å². The second-order valence-electron chi connectivity index (χ2n) is 8.56. The molecule has 8 heteroatoms. The molecule has 1 aliphatic rings. The van der Waals surface area contributed by atoms with Crippen molar-refractivity contribution in [1.29, 1.82) is 5.26 Å². The highest BCUT2D eigenvalue weighted by Gasteiger charge is 2.27. The number of piperidine rings is 1. The molecule has 1 heterocycles. The molecule has 0 saturated carbocycles. The number of carbonyl (C=O) groups is 1. The van der Waals surface area contributed by atoms with Crippen LogP contribution in [0.5, 0.6) is 11.5 Å². The van der Waals surface area contributed by atoms with Crippen molar-refractivity contribution in [2.45, 2.75) is 39.2 Å². The predicted molar refractivity (Wildman–Crippen MR) is 116 cm³/mol. The maximum absolute atomic E-state index is 12.2. The molecule has 0 aromatic heterocycles. The van der Waals surface area contributed by atoms with E-state index in [0.29, 0.717) is 48.4 Å². The van der Waals surface area contributed by atoms with Crippen LogP contribution in [-0.2, 0) is 4.74 Å². The van der Waals surface area contributed by atoms with Crippen LogP contribution in [-0.4, -0.2) is 68.7 Å². The van der Waals surface area contributed by atoms with Crippen molar-refractivity contribution in [2.75, 3.05) is 40.9 Å². The van der Waals surface area contributed by atoms with Crippen molar-refractivity contribution in [1.82, 2.24) is 9.80 Å². The maximum atomic E-state index is 12.2. The number of likely N-dealkylation sites (tertiary alicyclic amines) is 1. The zero-order valence-electron chi connectivity index (χ0n) is 18.8. The summed E-state index contributed by atoms with van der Waals surface area (Å²) in [7, 11) is 5.27. The Balaban J connectivity index is 2.00. The topological polar surface area (TPSA) is 87.4 Å². The summed E-state index contributed by atoms with van der Waals surface area (Å²) in [5.74, 6) is 1.37. The number of ether oxygens (including phenoxy) is 3. The fraction of sp³-hybridized carbons (Fsp3) is 0.591. The van der Waals surface area contributed by atoms with E-state index in [1.54, 1.807) is 35.4 Å². The van der Waals surface area contributed by atoms with Crippen molar-refractivity contribution in [3.05, 3.63) is 17.7 Å². The van der Waals surface area contributed by atoms with Gasteiger partial charge in [-0.3, -0.25) is 0 Å². The van der Waals surface area contributed by atoms with Crippen molar-refractivity contribution < 1.29 is 19.0 Å². The van der Waals surface area contributed by atoms with Crippen molar-refractivity contribution in [3.63, 3.8) is 0 Å². The Hall–Kier alpha value is -2.95. The van der Waals surface area contributed by atoms with Crippen molar-refractivity contribution in [3.8, 4) is 17.6 Å². The van der Waals surface area contributed by atoms with Crippen LogP contribution < -0.4 is 9.47 Å². The molecule has 0 radical (unpaired) electrons. The summed E-state index contributed by atoms with van der Waals surface area (Å²) in [6.45, 7) is 7.40. The molecule has 164 valence electrons. The minimum atomic E-state index is -0.490. The molecule has 0 N–H and O–H groups in total. The SMILES string of the molecule is COc1cc(C#N)c(N=CN(C)C)cc1OCC1CCN(C(=O)OC(C)(C)C)CC1. The summed E-state index contributed by atoms with van der Waals surface area (Å²) < 4.78 is 16.9. The summed E-state index contributed by atoms with van der Waals surface area (Å²) in [6, 6.07) is 5.51. The average Bonchev–Trinajstić information content (AvgIpc) is 2.69. The Bertz CT molecular complexity index is 801. The van der Waals surface area contributed by atoms with E-state index >= 15 is 0 Å². The first-order valence-corrected chi connectivity index (χ1v) is 10.1. The number of benzene rings is 1. The summed E-state index contributed by atoms with van der Waals surface area (Å²) in [6.07, 6.45) is 3.05. The van der Waals surface area contributed by atoms with Gasteiger partial charge in [0.25, 0.3) is 0 Å². The summed E-state index contributed by atoms with van der Waals surface area (Å²) in [5, 5.41) is 9.39. The normalized spacial score (nSPS) is 15.0. The van der Waals surface area contributed by atoms with Crippen molar-refractivity contribution >= 4 is 18.1 Å². The second kappa shape index (κ2) is 10.2. The molecule has 2 rings (SSSR count). The van der Waals surface area contributed by atoms with Gasteiger partial charge in [0.1, 0.15) is 11.7 Å². The van der Waals surface area contributed by atoms with E-state index in [4.69, 9.17) is 14.2 Å². The van der Waals surface area contributed by atoms with E-state index in [-0.39, 0.29) is 6.09 Å². The highest BCUT2D eigenvalue weighted by Crippen LogP contribution is 2.35. The Morgan fingerprint density at radius 2 is 1.97 bits per heavy atom. The lowest BCUT2D eigenvalue weighted by molar-refractivity contribution is 0.0164. The van der Waals surface area contributed by atoms with E-state index < -0.39 is 5.60 Å². The first-order chi connectivity index (χ1) is 14.1. The molecule has 1 saturated heterocycles. The number of hydrogen-bond donors (Lipinski definition) is 0. The first-order valence-electron chi connectivity index (χ1n) is 10.1. The number of amides is 1. The van der Waals surface area contributed by atoms with Gasteiger partial charge in [-0.15, -0.1) is 0 Å². The number of aliphatic imine (C=N–C) groups is 1. The van der Waals surface area contributed by atoms with E-state index in [1.807, 2.05) is 34.9 Å². The Morgan fingerprint density at radius 1 is 1.30 bits per heavy atom. The van der Waals surface area contributed by atoms with Crippen LogP contribution in [0.4, 0.5) is 10.5 Å². The van der Waals surface area contributed by atoms with Crippen molar-refractivity contribution in [2.24, 2.45) is 10.9 Å².